The number of aromatic amines is 1. The lowest BCUT2D eigenvalue weighted by atomic mass is 9.84. The highest BCUT2D eigenvalue weighted by molar-refractivity contribution is 5.90. The van der Waals surface area contributed by atoms with Crippen LogP contribution >= 0.6 is 0 Å². The molecule has 0 aliphatic rings. The van der Waals surface area contributed by atoms with E-state index in [1.165, 1.54) is 23.3 Å². The number of benzene rings is 2. The SMILES string of the molecule is Cc1cccc(C(C)(C)CNC(=O)Cc2c(C)[nH]c3ccc(F)cc23)c1. The van der Waals surface area contributed by atoms with Crippen LogP contribution in [0.25, 0.3) is 10.9 Å². The topological polar surface area (TPSA) is 44.9 Å². The van der Waals surface area contributed by atoms with E-state index in [1.54, 1.807) is 6.07 Å². The van der Waals surface area contributed by atoms with Gasteiger partial charge in [0.1, 0.15) is 5.82 Å². The molecular formula is C22H25FN2O. The molecule has 0 radical (unpaired) electrons. The second kappa shape index (κ2) is 6.94. The lowest BCUT2D eigenvalue weighted by molar-refractivity contribution is -0.120. The zero-order chi connectivity index (χ0) is 18.9. The summed E-state index contributed by atoms with van der Waals surface area (Å²) in [5, 5.41) is 3.81. The molecule has 2 aromatic carbocycles. The van der Waals surface area contributed by atoms with Crippen molar-refractivity contribution in [3.05, 3.63) is 70.7 Å². The molecule has 1 amide bonds. The molecule has 26 heavy (non-hydrogen) atoms. The highest BCUT2D eigenvalue weighted by Gasteiger charge is 2.22. The molecule has 0 spiro atoms. The highest BCUT2D eigenvalue weighted by Crippen LogP contribution is 2.25. The molecule has 1 heterocycles. The van der Waals surface area contributed by atoms with E-state index >= 15 is 0 Å². The van der Waals surface area contributed by atoms with Gasteiger partial charge in [0.05, 0.1) is 6.42 Å². The van der Waals surface area contributed by atoms with Gasteiger partial charge in [0.25, 0.3) is 0 Å². The van der Waals surface area contributed by atoms with Crippen LogP contribution in [-0.2, 0) is 16.6 Å². The second-order valence-corrected chi connectivity index (χ2v) is 7.63. The molecule has 0 unspecified atom stereocenters. The van der Waals surface area contributed by atoms with E-state index in [4.69, 9.17) is 0 Å². The van der Waals surface area contributed by atoms with E-state index in [1.807, 2.05) is 13.0 Å². The number of fused-ring (bicyclic) bond motifs is 1. The van der Waals surface area contributed by atoms with Gasteiger partial charge in [0.15, 0.2) is 0 Å². The first-order chi connectivity index (χ1) is 12.3. The van der Waals surface area contributed by atoms with Crippen molar-refractivity contribution in [1.82, 2.24) is 10.3 Å². The summed E-state index contributed by atoms with van der Waals surface area (Å²) >= 11 is 0. The number of amides is 1. The van der Waals surface area contributed by atoms with Gasteiger partial charge in [-0.3, -0.25) is 4.79 Å². The number of rotatable bonds is 5. The first kappa shape index (κ1) is 18.2. The summed E-state index contributed by atoms with van der Waals surface area (Å²) in [6.45, 7) is 8.77. The molecule has 0 saturated heterocycles. The Kier molecular flexibility index (Phi) is 4.86. The third-order valence-corrected chi connectivity index (χ3v) is 4.95. The van der Waals surface area contributed by atoms with E-state index in [0.29, 0.717) is 6.54 Å². The van der Waals surface area contributed by atoms with Crippen LogP contribution in [0.15, 0.2) is 42.5 Å². The minimum absolute atomic E-state index is 0.0565. The van der Waals surface area contributed by atoms with Crippen LogP contribution in [0.5, 0.6) is 0 Å². The number of aryl methyl sites for hydroxylation is 2. The van der Waals surface area contributed by atoms with Gasteiger partial charge in [-0.25, -0.2) is 4.39 Å². The Bertz CT molecular complexity index is 956. The lowest BCUT2D eigenvalue weighted by Crippen LogP contribution is -2.37. The maximum atomic E-state index is 13.6. The monoisotopic (exact) mass is 352 g/mol. The molecule has 3 nitrogen and oxygen atoms in total. The molecule has 0 fully saturated rings. The zero-order valence-electron chi connectivity index (χ0n) is 15.7. The van der Waals surface area contributed by atoms with E-state index < -0.39 is 0 Å². The quantitative estimate of drug-likeness (QED) is 0.695. The summed E-state index contributed by atoms with van der Waals surface area (Å²) < 4.78 is 13.6. The van der Waals surface area contributed by atoms with Gasteiger partial charge in [-0.05, 0) is 43.2 Å². The molecule has 0 atom stereocenters. The fraction of sp³-hybridized carbons (Fsp3) is 0.318. The van der Waals surface area contributed by atoms with Crippen LogP contribution in [0.2, 0.25) is 0 Å². The summed E-state index contributed by atoms with van der Waals surface area (Å²) in [7, 11) is 0. The first-order valence-electron chi connectivity index (χ1n) is 8.87. The largest absolute Gasteiger partial charge is 0.358 e. The second-order valence-electron chi connectivity index (χ2n) is 7.63. The lowest BCUT2D eigenvalue weighted by Gasteiger charge is -2.26. The summed E-state index contributed by atoms with van der Waals surface area (Å²) in [6, 6.07) is 13.0. The molecule has 2 N–H and O–H groups in total. The predicted octanol–water partition coefficient (Wildman–Crippen LogP) is 4.56. The number of aromatic nitrogens is 1. The number of nitrogens with one attached hydrogen (secondary N) is 2. The standard InChI is InChI=1S/C22H25FN2O/c1-14-6-5-7-16(10-14)22(3,4)13-24-21(26)12-18-15(2)25-20-9-8-17(23)11-19(18)20/h5-11,25H,12-13H2,1-4H3,(H,24,26). The minimum atomic E-state index is -0.293. The third kappa shape index (κ3) is 3.79. The number of carbonyl (C=O) groups excluding carboxylic acids is 1. The van der Waals surface area contributed by atoms with E-state index in [2.05, 4.69) is 49.3 Å². The predicted molar refractivity (Wildman–Crippen MR) is 104 cm³/mol. The average molecular weight is 352 g/mol. The maximum Gasteiger partial charge on any atom is 0.224 e. The molecule has 0 aliphatic carbocycles. The van der Waals surface area contributed by atoms with Crippen molar-refractivity contribution >= 4 is 16.8 Å². The summed E-state index contributed by atoms with van der Waals surface area (Å²) in [6.07, 6.45) is 0.235. The van der Waals surface area contributed by atoms with Gasteiger partial charge >= 0.3 is 0 Å². The van der Waals surface area contributed by atoms with Crippen molar-refractivity contribution in [1.29, 1.82) is 0 Å². The van der Waals surface area contributed by atoms with Crippen LogP contribution in [-0.4, -0.2) is 17.4 Å². The van der Waals surface area contributed by atoms with E-state index in [-0.39, 0.29) is 23.6 Å². The Morgan fingerprint density at radius 1 is 1.15 bits per heavy atom. The number of carbonyl (C=O) groups is 1. The Labute approximate surface area is 153 Å². The average Bonchev–Trinajstić information content (AvgIpc) is 2.88. The van der Waals surface area contributed by atoms with Crippen molar-refractivity contribution in [2.75, 3.05) is 6.54 Å². The molecule has 1 aromatic heterocycles. The van der Waals surface area contributed by atoms with E-state index in [0.717, 1.165) is 22.2 Å². The van der Waals surface area contributed by atoms with Crippen LogP contribution in [0.4, 0.5) is 4.39 Å². The fourth-order valence-electron chi connectivity index (χ4n) is 3.29. The normalized spacial score (nSPS) is 11.7. The van der Waals surface area contributed by atoms with Crippen molar-refractivity contribution < 1.29 is 9.18 Å². The van der Waals surface area contributed by atoms with Crippen LogP contribution < -0.4 is 5.32 Å². The molecular weight excluding hydrogens is 327 g/mol. The Balaban J connectivity index is 1.72. The Morgan fingerprint density at radius 3 is 2.65 bits per heavy atom. The van der Waals surface area contributed by atoms with Crippen molar-refractivity contribution in [2.45, 2.75) is 39.5 Å². The van der Waals surface area contributed by atoms with Gasteiger partial charge in [-0.2, -0.15) is 0 Å². The Hall–Kier alpha value is -2.62. The molecule has 0 bridgehead atoms. The summed E-state index contributed by atoms with van der Waals surface area (Å²) in [5.74, 6) is -0.349. The van der Waals surface area contributed by atoms with Crippen LogP contribution in [0, 0.1) is 19.7 Å². The third-order valence-electron chi connectivity index (χ3n) is 4.95. The molecule has 3 rings (SSSR count). The van der Waals surface area contributed by atoms with Gasteiger partial charge in [-0.1, -0.05) is 43.7 Å². The van der Waals surface area contributed by atoms with Gasteiger partial charge in [-0.15, -0.1) is 0 Å². The summed E-state index contributed by atoms with van der Waals surface area (Å²) in [5.41, 5.74) is 4.85. The molecule has 4 heteroatoms. The molecule has 136 valence electrons. The maximum absolute atomic E-state index is 13.6. The highest BCUT2D eigenvalue weighted by atomic mass is 19.1. The summed E-state index contributed by atoms with van der Waals surface area (Å²) in [4.78, 5) is 15.7. The van der Waals surface area contributed by atoms with Gasteiger partial charge in [0.2, 0.25) is 5.91 Å². The zero-order valence-corrected chi connectivity index (χ0v) is 15.7. The molecule has 0 aliphatic heterocycles. The van der Waals surface area contributed by atoms with Crippen LogP contribution in [0.1, 0.15) is 36.2 Å². The van der Waals surface area contributed by atoms with Crippen molar-refractivity contribution in [2.24, 2.45) is 0 Å². The Morgan fingerprint density at radius 2 is 1.92 bits per heavy atom. The molecule has 0 saturated carbocycles. The van der Waals surface area contributed by atoms with Crippen molar-refractivity contribution in [3.63, 3.8) is 0 Å². The number of halogens is 1. The number of hydrogen-bond acceptors (Lipinski definition) is 1. The first-order valence-corrected chi connectivity index (χ1v) is 8.87. The van der Waals surface area contributed by atoms with Gasteiger partial charge < -0.3 is 10.3 Å². The smallest absolute Gasteiger partial charge is 0.224 e. The van der Waals surface area contributed by atoms with Gasteiger partial charge in [0, 0.05) is 28.6 Å². The molecule has 3 aromatic rings. The minimum Gasteiger partial charge on any atom is -0.358 e. The van der Waals surface area contributed by atoms with Crippen LogP contribution in [0.3, 0.4) is 0 Å². The number of hydrogen-bond donors (Lipinski definition) is 2. The van der Waals surface area contributed by atoms with E-state index in [9.17, 15) is 9.18 Å². The van der Waals surface area contributed by atoms with Crippen molar-refractivity contribution in [3.8, 4) is 0 Å². The fourth-order valence-corrected chi connectivity index (χ4v) is 3.29. The number of H-pyrrole nitrogens is 1.